The fourth-order valence-electron chi connectivity index (χ4n) is 2.29. The van der Waals surface area contributed by atoms with Crippen molar-refractivity contribution in [1.29, 1.82) is 0 Å². The number of aliphatic carboxylic acids is 1. The first-order valence-electron chi connectivity index (χ1n) is 7.72. The van der Waals surface area contributed by atoms with Crippen LogP contribution in [0.15, 0.2) is 47.4 Å². The third-order valence-corrected chi connectivity index (χ3v) is 5.05. The zero-order valence-electron chi connectivity index (χ0n) is 14.2. The number of carbonyl (C=O) groups is 2. The number of hydrogen-bond donors (Lipinski definition) is 5. The molecule has 2 aromatic carbocycles. The minimum absolute atomic E-state index is 0.170. The number of carboxylic acid groups (broad SMARTS) is 1. The third kappa shape index (κ3) is 5.43. The molecule has 0 aliphatic heterocycles. The Morgan fingerprint density at radius 2 is 1.67 bits per heavy atom. The van der Waals surface area contributed by atoms with E-state index < -0.39 is 27.8 Å². The van der Waals surface area contributed by atoms with Crippen LogP contribution in [-0.4, -0.2) is 41.7 Å². The van der Waals surface area contributed by atoms with Gasteiger partial charge in [-0.1, -0.05) is 6.07 Å². The number of phenolic OH excluding ortho intramolecular Hbond substituents is 2. The van der Waals surface area contributed by atoms with Crippen LogP contribution in [0.3, 0.4) is 0 Å². The molecule has 1 atom stereocenters. The molecular weight excluding hydrogens is 376 g/mol. The Morgan fingerprint density at radius 1 is 1.04 bits per heavy atom. The minimum Gasteiger partial charge on any atom is -0.504 e. The fourth-order valence-corrected chi connectivity index (χ4v) is 3.48. The number of benzene rings is 2. The van der Waals surface area contributed by atoms with E-state index in [1.807, 2.05) is 0 Å². The van der Waals surface area contributed by atoms with Gasteiger partial charge in [-0.05, 0) is 48.4 Å². The summed E-state index contributed by atoms with van der Waals surface area (Å²) in [5.74, 6) is -2.52. The maximum atomic E-state index is 12.4. The van der Waals surface area contributed by atoms with Crippen molar-refractivity contribution < 1.29 is 33.3 Å². The molecule has 0 saturated heterocycles. The van der Waals surface area contributed by atoms with Crippen LogP contribution < -0.4 is 10.0 Å². The predicted molar refractivity (Wildman–Crippen MR) is 96.0 cm³/mol. The highest BCUT2D eigenvalue weighted by Gasteiger charge is 2.26. The molecule has 0 aliphatic rings. The van der Waals surface area contributed by atoms with Crippen LogP contribution in [-0.2, 0) is 26.0 Å². The number of sulfonamides is 1. The second-order valence-corrected chi connectivity index (χ2v) is 7.46. The first-order valence-corrected chi connectivity index (χ1v) is 9.20. The Morgan fingerprint density at radius 3 is 2.19 bits per heavy atom. The van der Waals surface area contributed by atoms with E-state index in [1.54, 1.807) is 0 Å². The van der Waals surface area contributed by atoms with Crippen molar-refractivity contribution in [3.05, 3.63) is 48.0 Å². The summed E-state index contributed by atoms with van der Waals surface area (Å²) in [6.07, 6.45) is -0.244. The Labute approximate surface area is 155 Å². The molecule has 2 rings (SSSR count). The molecule has 9 nitrogen and oxygen atoms in total. The summed E-state index contributed by atoms with van der Waals surface area (Å²) in [5.41, 5.74) is 0.720. The number of amides is 1. The molecule has 10 heteroatoms. The van der Waals surface area contributed by atoms with Crippen LogP contribution in [0.25, 0.3) is 0 Å². The van der Waals surface area contributed by atoms with E-state index in [0.29, 0.717) is 11.3 Å². The molecule has 0 aliphatic carbocycles. The van der Waals surface area contributed by atoms with Gasteiger partial charge in [0.05, 0.1) is 4.90 Å². The molecule has 27 heavy (non-hydrogen) atoms. The fraction of sp³-hybridized carbons (Fsp3) is 0.176. The van der Waals surface area contributed by atoms with Gasteiger partial charge < -0.3 is 20.6 Å². The highest BCUT2D eigenvalue weighted by Crippen LogP contribution is 2.25. The summed E-state index contributed by atoms with van der Waals surface area (Å²) < 4.78 is 27.0. The summed E-state index contributed by atoms with van der Waals surface area (Å²) in [5, 5.41) is 30.6. The monoisotopic (exact) mass is 394 g/mol. The second-order valence-electron chi connectivity index (χ2n) is 5.74. The topological polar surface area (TPSA) is 153 Å². The Balaban J connectivity index is 2.19. The van der Waals surface area contributed by atoms with E-state index in [-0.39, 0.29) is 23.0 Å². The zero-order valence-corrected chi connectivity index (χ0v) is 15.0. The lowest BCUT2D eigenvalue weighted by Gasteiger charge is -2.15. The summed E-state index contributed by atoms with van der Waals surface area (Å²) in [4.78, 5) is 22.3. The van der Waals surface area contributed by atoms with Gasteiger partial charge in [-0.25, -0.2) is 8.42 Å². The quantitative estimate of drug-likeness (QED) is 0.440. The van der Waals surface area contributed by atoms with Crippen LogP contribution in [0.1, 0.15) is 12.5 Å². The van der Waals surface area contributed by atoms with Gasteiger partial charge in [-0.2, -0.15) is 4.72 Å². The van der Waals surface area contributed by atoms with Crippen molar-refractivity contribution in [3.63, 3.8) is 0 Å². The van der Waals surface area contributed by atoms with Crippen LogP contribution in [0.4, 0.5) is 5.69 Å². The average molecular weight is 394 g/mol. The van der Waals surface area contributed by atoms with Crippen LogP contribution >= 0.6 is 0 Å². The standard InChI is InChI=1S/C17H18N2O7S/c1-10(20)18-12-3-5-13(6-4-12)27(25,26)19-14(17(23)24)8-11-2-7-15(21)16(22)9-11/h2-7,9,14,19,21-22H,8H2,1H3,(H,18,20)(H,23,24). The van der Waals surface area contributed by atoms with E-state index in [2.05, 4.69) is 10.0 Å². The zero-order chi connectivity index (χ0) is 20.2. The van der Waals surface area contributed by atoms with Gasteiger partial charge in [0.25, 0.3) is 0 Å². The van der Waals surface area contributed by atoms with Crippen molar-refractivity contribution in [2.24, 2.45) is 0 Å². The van der Waals surface area contributed by atoms with Gasteiger partial charge in [0, 0.05) is 12.6 Å². The first-order chi connectivity index (χ1) is 12.6. The van der Waals surface area contributed by atoms with E-state index in [9.17, 15) is 33.3 Å². The summed E-state index contributed by atoms with van der Waals surface area (Å²) >= 11 is 0. The van der Waals surface area contributed by atoms with Gasteiger partial charge in [0.2, 0.25) is 15.9 Å². The number of phenols is 2. The molecule has 1 amide bonds. The van der Waals surface area contributed by atoms with Gasteiger partial charge in [-0.3, -0.25) is 9.59 Å². The van der Waals surface area contributed by atoms with E-state index in [1.165, 1.54) is 43.3 Å². The van der Waals surface area contributed by atoms with Crippen molar-refractivity contribution in [2.75, 3.05) is 5.32 Å². The molecular formula is C17H18N2O7S. The van der Waals surface area contributed by atoms with Gasteiger partial charge in [0.1, 0.15) is 6.04 Å². The Bertz CT molecular complexity index is 956. The molecule has 0 fully saturated rings. The first kappa shape index (κ1) is 20.2. The second kappa shape index (κ2) is 8.06. The lowest BCUT2D eigenvalue weighted by atomic mass is 10.1. The maximum Gasteiger partial charge on any atom is 0.322 e. The minimum atomic E-state index is -4.14. The SMILES string of the molecule is CC(=O)Nc1ccc(S(=O)(=O)NC(Cc2ccc(O)c(O)c2)C(=O)O)cc1. The number of aromatic hydroxyl groups is 2. The third-order valence-electron chi connectivity index (χ3n) is 3.56. The number of rotatable bonds is 7. The number of anilines is 1. The predicted octanol–water partition coefficient (Wildman–Crippen LogP) is 1.03. The van der Waals surface area contributed by atoms with E-state index in [0.717, 1.165) is 6.07 Å². The highest BCUT2D eigenvalue weighted by molar-refractivity contribution is 7.89. The Hall–Kier alpha value is -3.11. The molecule has 5 N–H and O–H groups in total. The molecule has 0 saturated carbocycles. The van der Waals surface area contributed by atoms with Gasteiger partial charge in [-0.15, -0.1) is 0 Å². The molecule has 0 heterocycles. The van der Waals surface area contributed by atoms with Crippen LogP contribution in [0.5, 0.6) is 11.5 Å². The molecule has 144 valence electrons. The lowest BCUT2D eigenvalue weighted by molar-refractivity contribution is -0.138. The molecule has 0 aromatic heterocycles. The van der Waals surface area contributed by atoms with E-state index in [4.69, 9.17) is 0 Å². The lowest BCUT2D eigenvalue weighted by Crippen LogP contribution is -2.42. The molecule has 1 unspecified atom stereocenters. The van der Waals surface area contributed by atoms with Crippen molar-refractivity contribution in [1.82, 2.24) is 4.72 Å². The van der Waals surface area contributed by atoms with Gasteiger partial charge in [0.15, 0.2) is 11.5 Å². The number of nitrogens with one attached hydrogen (secondary N) is 2. The van der Waals surface area contributed by atoms with Crippen molar-refractivity contribution >= 4 is 27.6 Å². The number of hydrogen-bond acceptors (Lipinski definition) is 6. The van der Waals surface area contributed by atoms with Crippen molar-refractivity contribution in [3.8, 4) is 11.5 Å². The molecule has 0 radical (unpaired) electrons. The molecule has 2 aromatic rings. The highest BCUT2D eigenvalue weighted by atomic mass is 32.2. The summed E-state index contributed by atoms with van der Waals surface area (Å²) in [6, 6.07) is 7.45. The summed E-state index contributed by atoms with van der Waals surface area (Å²) in [7, 11) is -4.14. The van der Waals surface area contributed by atoms with E-state index >= 15 is 0 Å². The number of carboxylic acids is 1. The maximum absolute atomic E-state index is 12.4. The number of carbonyl (C=O) groups excluding carboxylic acids is 1. The Kier molecular flexibility index (Phi) is 6.03. The normalized spacial score (nSPS) is 12.3. The van der Waals surface area contributed by atoms with Gasteiger partial charge >= 0.3 is 5.97 Å². The van der Waals surface area contributed by atoms with Crippen LogP contribution in [0.2, 0.25) is 0 Å². The average Bonchev–Trinajstić information content (AvgIpc) is 2.57. The van der Waals surface area contributed by atoms with Crippen LogP contribution in [0, 0.1) is 0 Å². The largest absolute Gasteiger partial charge is 0.504 e. The van der Waals surface area contributed by atoms with Crippen molar-refractivity contribution in [2.45, 2.75) is 24.3 Å². The smallest absolute Gasteiger partial charge is 0.322 e. The molecule has 0 bridgehead atoms. The molecule has 0 spiro atoms. The summed E-state index contributed by atoms with van der Waals surface area (Å²) in [6.45, 7) is 1.31.